The van der Waals surface area contributed by atoms with E-state index in [2.05, 4.69) is 22.5 Å². The highest BCUT2D eigenvalue weighted by molar-refractivity contribution is 8.13. The van der Waals surface area contributed by atoms with Gasteiger partial charge in [0.05, 0.1) is 12.7 Å². The van der Waals surface area contributed by atoms with Gasteiger partial charge in [0.1, 0.15) is 22.0 Å². The fourth-order valence-electron chi connectivity index (χ4n) is 3.82. The Bertz CT molecular complexity index is 1050. The highest BCUT2D eigenvalue weighted by Gasteiger charge is 2.49. The van der Waals surface area contributed by atoms with E-state index in [4.69, 9.17) is 14.5 Å². The summed E-state index contributed by atoms with van der Waals surface area (Å²) in [6.07, 6.45) is 0.407. The molecule has 176 valence electrons. The molecule has 0 spiro atoms. The molecule has 1 saturated heterocycles. The third-order valence-electron chi connectivity index (χ3n) is 5.36. The lowest BCUT2D eigenvalue weighted by Gasteiger charge is -2.44. The van der Waals surface area contributed by atoms with Gasteiger partial charge in [0.25, 0.3) is 5.91 Å². The Labute approximate surface area is 201 Å². The number of amides is 2. The second-order valence-corrected chi connectivity index (χ2v) is 11.1. The van der Waals surface area contributed by atoms with Gasteiger partial charge in [-0.15, -0.1) is 11.3 Å². The van der Waals surface area contributed by atoms with Crippen molar-refractivity contribution in [2.45, 2.75) is 51.4 Å². The van der Waals surface area contributed by atoms with Gasteiger partial charge in [0.15, 0.2) is 5.17 Å². The number of ether oxygens (including phenoxy) is 2. The number of nitrogens with zero attached hydrogens (tertiary/aromatic N) is 2. The van der Waals surface area contributed by atoms with Crippen molar-refractivity contribution in [3.63, 3.8) is 0 Å². The maximum Gasteiger partial charge on any atom is 0.413 e. The number of aromatic nitrogens is 1. The average molecular weight is 489 g/mol. The van der Waals surface area contributed by atoms with E-state index in [9.17, 15) is 9.59 Å². The lowest BCUT2D eigenvalue weighted by molar-refractivity contribution is -0.0466. The minimum absolute atomic E-state index is 0.124. The van der Waals surface area contributed by atoms with Crippen molar-refractivity contribution in [3.8, 4) is 0 Å². The Morgan fingerprint density at radius 3 is 2.70 bits per heavy atom. The topological polar surface area (TPSA) is 102 Å². The Kier molecular flexibility index (Phi) is 6.78. The first-order valence-electron chi connectivity index (χ1n) is 10.8. The maximum atomic E-state index is 12.7. The molecular formula is C23H28N4O4S2. The van der Waals surface area contributed by atoms with Crippen LogP contribution in [0.1, 0.15) is 49.5 Å². The number of amidine groups is 1. The van der Waals surface area contributed by atoms with Crippen LogP contribution in [0.3, 0.4) is 0 Å². The summed E-state index contributed by atoms with van der Waals surface area (Å²) in [4.78, 5) is 34.5. The van der Waals surface area contributed by atoms with E-state index in [0.29, 0.717) is 23.2 Å². The molecule has 3 heterocycles. The van der Waals surface area contributed by atoms with Gasteiger partial charge < -0.3 is 14.8 Å². The predicted molar refractivity (Wildman–Crippen MR) is 131 cm³/mol. The zero-order valence-corrected chi connectivity index (χ0v) is 20.7. The highest BCUT2D eigenvalue weighted by atomic mass is 32.2. The quantitative estimate of drug-likeness (QED) is 0.652. The number of anilines is 1. The summed E-state index contributed by atoms with van der Waals surface area (Å²) in [6.45, 7) is 7.85. The Balaban J connectivity index is 1.59. The molecule has 2 aliphatic heterocycles. The fourth-order valence-corrected chi connectivity index (χ4v) is 5.94. The van der Waals surface area contributed by atoms with Crippen LogP contribution in [-0.4, -0.2) is 46.2 Å². The number of carbonyl (C=O) groups excluding carboxylic acids is 2. The Hall–Kier alpha value is -2.43. The summed E-state index contributed by atoms with van der Waals surface area (Å²) in [5.41, 5.74) is -0.740. The molecule has 2 N–H and O–H groups in total. The van der Waals surface area contributed by atoms with Crippen LogP contribution < -0.4 is 10.6 Å². The predicted octanol–water partition coefficient (Wildman–Crippen LogP) is 4.64. The number of aliphatic imine (C=N–C) groups is 1. The van der Waals surface area contributed by atoms with Crippen molar-refractivity contribution in [1.82, 2.24) is 10.3 Å². The standard InChI is InChI=1S/C23H28N4O4S2/c1-14-10-16-11-33-20(26-18(28)15-8-6-5-7-9-15)27-23(16,13-30-14)19-24-17(12-32-19)25-21(29)31-22(2,3)4/h5-9,12,14,16H,10-11,13H2,1-4H3,(H,25,29)(H,26,27,28)/t14-,16-,23-/m0/s1. The molecule has 2 aliphatic rings. The molecule has 8 nitrogen and oxygen atoms in total. The first-order chi connectivity index (χ1) is 15.6. The van der Waals surface area contributed by atoms with E-state index < -0.39 is 17.2 Å². The number of rotatable bonds is 3. The third kappa shape index (κ3) is 5.56. The van der Waals surface area contributed by atoms with E-state index in [1.807, 2.05) is 39.0 Å². The minimum atomic E-state index is -0.713. The van der Waals surface area contributed by atoms with Gasteiger partial charge in [-0.05, 0) is 46.2 Å². The van der Waals surface area contributed by atoms with Crippen molar-refractivity contribution in [3.05, 3.63) is 46.3 Å². The van der Waals surface area contributed by atoms with Crippen molar-refractivity contribution < 1.29 is 19.1 Å². The molecule has 1 aromatic heterocycles. The van der Waals surface area contributed by atoms with Crippen LogP contribution in [0.5, 0.6) is 0 Å². The molecule has 4 rings (SSSR count). The molecule has 1 fully saturated rings. The van der Waals surface area contributed by atoms with Crippen molar-refractivity contribution in [2.75, 3.05) is 17.7 Å². The fraction of sp³-hybridized carbons (Fsp3) is 0.478. The van der Waals surface area contributed by atoms with Gasteiger partial charge in [-0.3, -0.25) is 10.1 Å². The molecule has 0 bridgehead atoms. The highest BCUT2D eigenvalue weighted by Crippen LogP contribution is 2.47. The normalized spacial score (nSPS) is 24.9. The van der Waals surface area contributed by atoms with Crippen LogP contribution in [0, 0.1) is 5.92 Å². The van der Waals surface area contributed by atoms with Gasteiger partial charge in [0.2, 0.25) is 0 Å². The summed E-state index contributed by atoms with van der Waals surface area (Å²) < 4.78 is 11.4. The van der Waals surface area contributed by atoms with Crippen LogP contribution in [0.25, 0.3) is 0 Å². The number of hydrogen-bond donors (Lipinski definition) is 2. The van der Waals surface area contributed by atoms with E-state index >= 15 is 0 Å². The summed E-state index contributed by atoms with van der Waals surface area (Å²) in [5.74, 6) is 1.20. The molecule has 0 unspecified atom stereocenters. The maximum absolute atomic E-state index is 12.7. The van der Waals surface area contributed by atoms with E-state index in [-0.39, 0.29) is 17.9 Å². The number of hydrogen-bond acceptors (Lipinski definition) is 8. The monoisotopic (exact) mass is 488 g/mol. The summed E-state index contributed by atoms with van der Waals surface area (Å²) in [6, 6.07) is 9.06. The minimum Gasteiger partial charge on any atom is -0.444 e. The van der Waals surface area contributed by atoms with Gasteiger partial charge in [0, 0.05) is 22.6 Å². The molecule has 33 heavy (non-hydrogen) atoms. The van der Waals surface area contributed by atoms with Crippen LogP contribution in [0.4, 0.5) is 10.6 Å². The molecular weight excluding hydrogens is 460 g/mol. The number of carbonyl (C=O) groups is 2. The number of nitrogens with one attached hydrogen (secondary N) is 2. The SMILES string of the molecule is C[C@H]1C[C@H]2CSC(NC(=O)c3ccccc3)=N[C@@]2(c2nc(NC(=O)OC(C)(C)C)cs2)CO1. The first kappa shape index (κ1) is 23.7. The number of benzene rings is 1. The zero-order chi connectivity index (χ0) is 23.6. The number of thiazole rings is 1. The van der Waals surface area contributed by atoms with Crippen molar-refractivity contribution in [1.29, 1.82) is 0 Å². The van der Waals surface area contributed by atoms with E-state index in [0.717, 1.165) is 17.2 Å². The van der Waals surface area contributed by atoms with Gasteiger partial charge in [-0.2, -0.15) is 0 Å². The van der Waals surface area contributed by atoms with Crippen LogP contribution in [-0.2, 0) is 15.0 Å². The smallest absolute Gasteiger partial charge is 0.413 e. The molecule has 2 aromatic rings. The second-order valence-electron chi connectivity index (χ2n) is 9.19. The summed E-state index contributed by atoms with van der Waals surface area (Å²) in [7, 11) is 0. The first-order valence-corrected chi connectivity index (χ1v) is 12.7. The lowest BCUT2D eigenvalue weighted by Crippen LogP contribution is -2.50. The summed E-state index contributed by atoms with van der Waals surface area (Å²) in [5, 5.41) is 8.72. The molecule has 1 aromatic carbocycles. The third-order valence-corrected chi connectivity index (χ3v) is 7.41. The van der Waals surface area contributed by atoms with E-state index in [1.54, 1.807) is 29.3 Å². The second kappa shape index (κ2) is 9.44. The molecule has 0 radical (unpaired) electrons. The number of fused-ring (bicyclic) bond motifs is 1. The van der Waals surface area contributed by atoms with Crippen molar-refractivity contribution in [2.24, 2.45) is 10.9 Å². The van der Waals surface area contributed by atoms with Crippen LogP contribution in [0.15, 0.2) is 40.7 Å². The largest absolute Gasteiger partial charge is 0.444 e. The molecule has 2 amide bonds. The van der Waals surface area contributed by atoms with Gasteiger partial charge in [-0.1, -0.05) is 30.0 Å². The Morgan fingerprint density at radius 2 is 1.97 bits per heavy atom. The zero-order valence-electron chi connectivity index (χ0n) is 19.1. The van der Waals surface area contributed by atoms with Gasteiger partial charge >= 0.3 is 6.09 Å². The summed E-state index contributed by atoms with van der Waals surface area (Å²) >= 11 is 2.96. The number of thioether (sulfide) groups is 1. The Morgan fingerprint density at radius 1 is 1.21 bits per heavy atom. The molecule has 0 aliphatic carbocycles. The van der Waals surface area contributed by atoms with Gasteiger partial charge in [-0.25, -0.2) is 14.8 Å². The molecule has 10 heteroatoms. The van der Waals surface area contributed by atoms with Crippen LogP contribution in [0.2, 0.25) is 0 Å². The van der Waals surface area contributed by atoms with E-state index in [1.165, 1.54) is 11.3 Å². The lowest BCUT2D eigenvalue weighted by atomic mass is 9.80. The average Bonchev–Trinajstić information content (AvgIpc) is 3.22. The van der Waals surface area contributed by atoms with Crippen LogP contribution >= 0.6 is 23.1 Å². The molecule has 0 saturated carbocycles. The molecule has 3 atom stereocenters. The van der Waals surface area contributed by atoms with Crippen molar-refractivity contribution >= 4 is 46.1 Å².